The molecule has 0 aliphatic carbocycles. The Labute approximate surface area is 261 Å². The zero-order chi connectivity index (χ0) is 31.9. The van der Waals surface area contributed by atoms with E-state index >= 15 is 4.39 Å². The largest absolute Gasteiger partial charge is 0.444 e. The Bertz CT molecular complexity index is 1520. The first kappa shape index (κ1) is 33.6. The van der Waals surface area contributed by atoms with Crippen LogP contribution in [0.15, 0.2) is 66.7 Å². The maximum absolute atomic E-state index is 15.5. The first-order valence-corrected chi connectivity index (χ1v) is 17.3. The number of rotatable bonds is 11. The maximum atomic E-state index is 15.5. The number of ether oxygens (including phenoxy) is 1. The average Bonchev–Trinajstić information content (AvgIpc) is 2.97. The molecule has 0 bridgehead atoms. The van der Waals surface area contributed by atoms with E-state index in [1.807, 2.05) is 55.5 Å². The molecule has 1 fully saturated rings. The highest BCUT2D eigenvalue weighted by atomic mass is 32.2. The number of anilines is 1. The number of unbranched alkanes of at least 4 members (excludes halogenated alkanes) is 1. The molecule has 1 saturated heterocycles. The normalized spacial score (nSPS) is 22.0. The van der Waals surface area contributed by atoms with Crippen molar-refractivity contribution in [1.82, 2.24) is 5.32 Å². The lowest BCUT2D eigenvalue weighted by Crippen LogP contribution is -2.54. The van der Waals surface area contributed by atoms with Crippen LogP contribution in [-0.4, -0.2) is 39.1 Å². The molecular weight excluding hydrogens is 577 g/mol. The van der Waals surface area contributed by atoms with Crippen LogP contribution in [0.25, 0.3) is 0 Å². The van der Waals surface area contributed by atoms with Crippen molar-refractivity contribution in [1.29, 1.82) is 4.78 Å². The van der Waals surface area contributed by atoms with Crippen LogP contribution in [0, 0.1) is 16.5 Å². The minimum Gasteiger partial charge on any atom is -0.444 e. The summed E-state index contributed by atoms with van der Waals surface area (Å²) in [5.41, 5.74) is 4.44. The molecule has 3 aromatic rings. The number of aliphatic hydroxyl groups excluding tert-OH is 1. The molecule has 0 aromatic heterocycles. The number of halogens is 1. The van der Waals surface area contributed by atoms with E-state index in [2.05, 4.69) is 43.5 Å². The lowest BCUT2D eigenvalue weighted by atomic mass is 9.86. The van der Waals surface area contributed by atoms with E-state index in [9.17, 15) is 14.1 Å². The van der Waals surface area contributed by atoms with Crippen LogP contribution in [0.4, 0.5) is 14.9 Å². The summed E-state index contributed by atoms with van der Waals surface area (Å²) >= 11 is 0. The number of benzene rings is 3. The van der Waals surface area contributed by atoms with E-state index in [4.69, 9.17) is 9.52 Å². The van der Waals surface area contributed by atoms with Gasteiger partial charge in [-0.2, -0.15) is 0 Å². The number of hydrogen-bond donors (Lipinski definition) is 4. The lowest BCUT2D eigenvalue weighted by Gasteiger charge is -2.36. The summed E-state index contributed by atoms with van der Waals surface area (Å²) in [6.07, 6.45) is 0.911. The van der Waals surface area contributed by atoms with Gasteiger partial charge in [-0.1, -0.05) is 94.8 Å². The molecule has 3 aromatic carbocycles. The van der Waals surface area contributed by atoms with Gasteiger partial charge in [0.2, 0.25) is 0 Å². The highest BCUT2D eigenvalue weighted by molar-refractivity contribution is 7.92. The summed E-state index contributed by atoms with van der Waals surface area (Å²) in [7, 11) is -2.95. The van der Waals surface area contributed by atoms with Gasteiger partial charge < -0.3 is 15.2 Å². The Morgan fingerprint density at radius 3 is 2.48 bits per heavy atom. The second-order valence-corrected chi connectivity index (χ2v) is 15.2. The van der Waals surface area contributed by atoms with E-state index < -0.39 is 39.7 Å². The number of amides is 1. The van der Waals surface area contributed by atoms with Crippen molar-refractivity contribution in [2.75, 3.05) is 16.8 Å². The Balaban J connectivity index is 1.47. The summed E-state index contributed by atoms with van der Waals surface area (Å²) in [4.78, 5) is 12.6. The molecule has 0 saturated carbocycles. The second kappa shape index (κ2) is 14.7. The molecule has 1 heterocycles. The molecule has 7 nitrogen and oxygen atoms in total. The van der Waals surface area contributed by atoms with Gasteiger partial charge in [-0.3, -0.25) is 10.1 Å². The van der Waals surface area contributed by atoms with Crippen LogP contribution in [0.3, 0.4) is 0 Å². The van der Waals surface area contributed by atoms with Crippen molar-refractivity contribution in [3.63, 3.8) is 0 Å². The van der Waals surface area contributed by atoms with Crippen molar-refractivity contribution in [2.45, 2.75) is 84.1 Å². The molecular formula is C35H46FN3O4S. The molecule has 44 heavy (non-hydrogen) atoms. The van der Waals surface area contributed by atoms with E-state index in [0.29, 0.717) is 24.1 Å². The van der Waals surface area contributed by atoms with Crippen molar-refractivity contribution < 1.29 is 23.2 Å². The Morgan fingerprint density at radius 2 is 1.77 bits per heavy atom. The third-order valence-corrected chi connectivity index (χ3v) is 10.0. The highest BCUT2D eigenvalue weighted by Crippen LogP contribution is 2.30. The zero-order valence-electron chi connectivity index (χ0n) is 26.2. The van der Waals surface area contributed by atoms with Crippen LogP contribution < -0.4 is 10.6 Å². The van der Waals surface area contributed by atoms with Crippen LogP contribution >= 0.6 is 0 Å². The first-order chi connectivity index (χ1) is 20.8. The molecule has 0 spiro atoms. The third-order valence-electron chi connectivity index (χ3n) is 8.16. The second-order valence-electron chi connectivity index (χ2n) is 12.9. The summed E-state index contributed by atoms with van der Waals surface area (Å²) in [6.45, 7) is 9.05. The zero-order valence-corrected chi connectivity index (χ0v) is 27.0. The fourth-order valence-corrected chi connectivity index (χ4v) is 7.74. The van der Waals surface area contributed by atoms with Crippen LogP contribution in [0.1, 0.15) is 68.4 Å². The van der Waals surface area contributed by atoms with E-state index in [0.717, 1.165) is 24.0 Å². The molecule has 1 unspecified atom stereocenters. The van der Waals surface area contributed by atoms with Crippen LogP contribution in [-0.2, 0) is 45.9 Å². The maximum Gasteiger partial charge on any atom is 0.412 e. The molecule has 4 rings (SSSR count). The van der Waals surface area contributed by atoms with Crippen LogP contribution in [0.5, 0.6) is 0 Å². The van der Waals surface area contributed by atoms with Crippen LogP contribution in [0.2, 0.25) is 0 Å². The van der Waals surface area contributed by atoms with Gasteiger partial charge in [0.05, 0.1) is 11.8 Å². The smallest absolute Gasteiger partial charge is 0.412 e. The minimum absolute atomic E-state index is 0.000242. The standard InChI is InChI=1S/C35H46FN3O4S/c1-5-6-14-27-16-26(19-30(36)32(27)39-34(41)43-21-24-11-8-7-9-12-24)17-28-22-44(37,42)23-31(33(28)40)38-20-25-13-10-15-29(18-25)35(2,3)4/h7-13,15-16,18-19,28,31,33,37-38,40H,5-6,14,17,20-23H2,1-4H3,(H,39,41)/t28-,31+,33+,44?/m1/s1. The summed E-state index contributed by atoms with van der Waals surface area (Å²) in [6, 6.07) is 20.2. The van der Waals surface area contributed by atoms with Crippen molar-refractivity contribution in [3.8, 4) is 0 Å². The fourth-order valence-electron chi connectivity index (χ4n) is 5.70. The van der Waals surface area contributed by atoms with Gasteiger partial charge in [-0.05, 0) is 58.6 Å². The Morgan fingerprint density at radius 1 is 1.05 bits per heavy atom. The molecule has 1 aliphatic rings. The third kappa shape index (κ3) is 9.36. The quantitative estimate of drug-likeness (QED) is 0.185. The van der Waals surface area contributed by atoms with E-state index in [-0.39, 0.29) is 35.6 Å². The molecule has 4 N–H and O–H groups in total. The lowest BCUT2D eigenvalue weighted by molar-refractivity contribution is 0.0789. The first-order valence-electron chi connectivity index (χ1n) is 15.4. The summed E-state index contributed by atoms with van der Waals surface area (Å²) in [5, 5.41) is 17.3. The number of aryl methyl sites for hydroxylation is 1. The van der Waals surface area contributed by atoms with Gasteiger partial charge in [0.15, 0.2) is 0 Å². The van der Waals surface area contributed by atoms with Gasteiger partial charge in [0.1, 0.15) is 12.4 Å². The predicted octanol–water partition coefficient (Wildman–Crippen LogP) is 6.95. The Hall–Kier alpha value is -3.27. The number of carbonyl (C=O) groups excluding carboxylic acids is 1. The monoisotopic (exact) mass is 623 g/mol. The van der Waals surface area contributed by atoms with Gasteiger partial charge in [0, 0.05) is 39.7 Å². The number of hydrogen-bond acceptors (Lipinski definition) is 6. The Kier molecular flexibility index (Phi) is 11.2. The van der Waals surface area contributed by atoms with E-state index in [1.54, 1.807) is 0 Å². The van der Waals surface area contributed by atoms with Gasteiger partial charge in [0.25, 0.3) is 0 Å². The fraction of sp³-hybridized carbons (Fsp3) is 0.457. The van der Waals surface area contributed by atoms with Gasteiger partial charge in [-0.15, -0.1) is 0 Å². The number of aliphatic hydroxyl groups is 1. The highest BCUT2D eigenvalue weighted by Gasteiger charge is 2.37. The van der Waals surface area contributed by atoms with Crippen molar-refractivity contribution >= 4 is 21.5 Å². The SMILES string of the molecule is CCCCc1cc(C[C@@H]2CS(=N)(=O)C[C@H](NCc3cccc(C(C)(C)C)c3)[C@H]2O)cc(F)c1NC(=O)OCc1ccccc1. The molecule has 1 amide bonds. The molecule has 9 heteroatoms. The summed E-state index contributed by atoms with van der Waals surface area (Å²) < 4.78 is 42.5. The topological polar surface area (TPSA) is 112 Å². The minimum atomic E-state index is -2.95. The molecule has 238 valence electrons. The molecule has 0 radical (unpaired) electrons. The molecule has 1 aliphatic heterocycles. The molecule has 4 atom stereocenters. The van der Waals surface area contributed by atoms with E-state index in [1.165, 1.54) is 11.6 Å². The van der Waals surface area contributed by atoms with Crippen molar-refractivity contribution in [3.05, 3.63) is 100 Å². The summed E-state index contributed by atoms with van der Waals surface area (Å²) in [5.74, 6) is -0.965. The van der Waals surface area contributed by atoms with Gasteiger partial charge >= 0.3 is 6.09 Å². The average molecular weight is 624 g/mol. The van der Waals surface area contributed by atoms with Crippen molar-refractivity contribution in [2.24, 2.45) is 5.92 Å². The number of nitrogens with one attached hydrogen (secondary N) is 3. The predicted molar refractivity (Wildman–Crippen MR) is 175 cm³/mol. The van der Waals surface area contributed by atoms with Gasteiger partial charge in [-0.25, -0.2) is 13.4 Å². The number of carbonyl (C=O) groups is 1.